The van der Waals surface area contributed by atoms with Crippen molar-refractivity contribution in [2.45, 2.75) is 605 Å². The molecule has 0 spiro atoms. The quantitative estimate of drug-likeness (QED) is 0.0698. The minimum Gasteiger partial charge on any atom is -0.378 e. The lowest BCUT2D eigenvalue weighted by Gasteiger charge is -2.57. The Balaban J connectivity index is 0.000000160. The maximum absolute atomic E-state index is 6.51. The van der Waals surface area contributed by atoms with Crippen LogP contribution in [0.3, 0.4) is 0 Å². The van der Waals surface area contributed by atoms with Crippen LogP contribution in [-0.4, -0.2) is 111 Å². The Morgan fingerprint density at radius 3 is 1.07 bits per heavy atom. The topological polar surface area (TPSA) is 83.1 Å². The fourth-order valence-electron chi connectivity index (χ4n) is 31.8. The molecular formula is C129H240O9. The van der Waals surface area contributed by atoms with E-state index >= 15 is 0 Å². The van der Waals surface area contributed by atoms with Gasteiger partial charge in [-0.05, 0) is 498 Å². The molecule has 0 amide bonds. The van der Waals surface area contributed by atoms with Gasteiger partial charge < -0.3 is 42.6 Å². The van der Waals surface area contributed by atoms with Crippen LogP contribution in [0.2, 0.25) is 0 Å². The number of hydrogen-bond donors (Lipinski definition) is 0. The molecule has 0 radical (unpaired) electrons. The molecule has 9 nitrogen and oxygen atoms in total. The van der Waals surface area contributed by atoms with Gasteiger partial charge >= 0.3 is 0 Å². The average Bonchev–Trinajstić information content (AvgIpc) is 1.61. The Bertz CT molecular complexity index is 3290. The third kappa shape index (κ3) is 34.8. The number of hydrogen-bond acceptors (Lipinski definition) is 9. The van der Waals surface area contributed by atoms with Crippen molar-refractivity contribution in [1.29, 1.82) is 0 Å². The van der Waals surface area contributed by atoms with E-state index in [1.807, 2.05) is 0 Å². The highest BCUT2D eigenvalue weighted by atomic mass is 16.5. The normalized spacial score (nSPS) is 40.0. The van der Waals surface area contributed by atoms with Gasteiger partial charge in [0.2, 0.25) is 0 Å². The van der Waals surface area contributed by atoms with Crippen molar-refractivity contribution in [1.82, 2.24) is 0 Å². The van der Waals surface area contributed by atoms with E-state index in [1.54, 1.807) is 6.42 Å². The largest absolute Gasteiger partial charge is 0.378 e. The maximum atomic E-state index is 6.51. The standard InChI is InChI=1S/C16H28O.2C15H26O.C15H28O.C15H30O.C14H26O.C14H28O.C13H24O.C12H24O/c1-11(2)12(3)17-10-16-7-13-4-14(8-16)6-15(5-13)9-16;1-10(2)11(3)16-15-7-12-4-13(8-15)6-14(5-12)9-15;1-9(2)10(3)16-15-13-5-11-4-12(7-13)8-14(15)6-11;1-10(2)11(3)16-13-14(4,5)12-7-8-15(13,6)9-12;1-11(2)12(3)16-14-9-7-13(8-10-14)15(4,5)6;1-10(2)11(3)15-9-14(4)8-12-5-6-13(14)7-12;1-10(2)12(4)15-13-7-11(3)8-14(5,6)9-13;1-9(2)10(3)14-8-13-7-11-4-5-12(13)6-11;1-9(2)11(4)13-12-7-5-10(3)6-8-12/h11-15H,4-10H2,1-3H3;10-14H,4-9H2,1-3H3;9-15H,4-8H2,1-3H3;10-13H,7-9H2,1-6H3;11-14H,7-10H2,1-6H3;10-13H,5-9H2,1-4H3;10-13H,7-9H2,1-6H3;9-13H,4-8H2,1-3H3;9-12H,5-8H2,1-4H3. The van der Waals surface area contributed by atoms with Crippen LogP contribution in [0, 0.1) is 198 Å². The van der Waals surface area contributed by atoms with Crippen LogP contribution in [-0.2, 0) is 42.6 Å². The van der Waals surface area contributed by atoms with E-state index in [2.05, 4.69) is 263 Å². The summed E-state index contributed by atoms with van der Waals surface area (Å²) in [5, 5.41) is 0. The molecule has 20 unspecified atom stereocenters. The number of fused-ring (bicyclic) bond motifs is 6. The smallest absolute Gasteiger partial charge is 0.0694 e. The molecule has 0 aliphatic heterocycles. The van der Waals surface area contributed by atoms with Crippen molar-refractivity contribution >= 4 is 0 Å². The Labute approximate surface area is 859 Å². The van der Waals surface area contributed by atoms with Gasteiger partial charge in [-0.25, -0.2) is 0 Å². The van der Waals surface area contributed by atoms with Gasteiger partial charge in [0.15, 0.2) is 0 Å². The van der Waals surface area contributed by atoms with E-state index in [-0.39, 0.29) is 0 Å². The van der Waals surface area contributed by atoms with Crippen LogP contribution < -0.4 is 0 Å². The van der Waals surface area contributed by atoms with Gasteiger partial charge in [-0.3, -0.25) is 0 Å². The van der Waals surface area contributed by atoms with E-state index < -0.39 is 0 Å². The number of rotatable bonds is 30. The van der Waals surface area contributed by atoms with Gasteiger partial charge in [-0.1, -0.05) is 214 Å². The van der Waals surface area contributed by atoms with Crippen LogP contribution in [0.15, 0.2) is 0 Å². The Hall–Kier alpha value is -0.360. The summed E-state index contributed by atoms with van der Waals surface area (Å²) >= 11 is 0. The molecule has 21 fully saturated rings. The fraction of sp³-hybridized carbons (Fsp3) is 1.00. The average molecular weight is 1940 g/mol. The van der Waals surface area contributed by atoms with Crippen molar-refractivity contribution in [2.75, 3.05) is 19.8 Å². The SMILES string of the molecule is CC(C)C(C)OC12CC3CC(CC(C3)C1)C2.CC(C)C(C)OC1C2(C)CCC(C2)C1(C)C.CC(C)C(C)OC1C2CC3CC(C2)CC1C3.CC(C)C(C)OC1CCC(C(C)(C)C)CC1.CC(C)C(C)OCC1(C)CC2CCC1C2.CC(C)C(C)OCC12CC3CC(CC(C3)C1)C2.CC(C)C(C)OCC1CC2CCC1C2.CC1CC(OC(C)C(C)C)CC(C)(C)C1.CC1CCC(OC(C)C(C)C)CC1. The summed E-state index contributed by atoms with van der Waals surface area (Å²) < 4.78 is 55.8. The molecule has 9 heteroatoms. The first-order chi connectivity index (χ1) is 64.4. The number of ether oxygens (including phenoxy) is 9. The van der Waals surface area contributed by atoms with Crippen LogP contribution in [0.4, 0.5) is 0 Å². The van der Waals surface area contributed by atoms with Crippen molar-refractivity contribution in [2.24, 2.45) is 198 Å². The lowest BCUT2D eigenvalue weighted by molar-refractivity contribution is -0.191. The molecule has 21 aliphatic rings. The van der Waals surface area contributed by atoms with E-state index in [9.17, 15) is 0 Å². The predicted octanol–water partition coefficient (Wildman–Crippen LogP) is 36.3. The van der Waals surface area contributed by atoms with Crippen LogP contribution in [0.5, 0.6) is 0 Å². The Morgan fingerprint density at radius 2 is 0.681 bits per heavy atom. The summed E-state index contributed by atoms with van der Waals surface area (Å²) in [6.45, 7) is 90.0. The molecule has 20 atom stereocenters. The third-order valence-electron chi connectivity index (χ3n) is 42.5. The maximum Gasteiger partial charge on any atom is 0.0694 e. The molecule has 0 N–H and O–H groups in total. The lowest BCUT2D eigenvalue weighted by Crippen LogP contribution is -2.53. The second-order valence-corrected chi connectivity index (χ2v) is 59.9. The van der Waals surface area contributed by atoms with E-state index in [0.29, 0.717) is 177 Å². The van der Waals surface area contributed by atoms with E-state index in [1.165, 1.54) is 244 Å². The van der Waals surface area contributed by atoms with Crippen molar-refractivity contribution in [3.05, 3.63) is 0 Å². The van der Waals surface area contributed by atoms with Gasteiger partial charge in [-0.2, -0.15) is 0 Å². The molecular weight excluding hydrogens is 1690 g/mol. The molecule has 0 aromatic rings. The summed E-state index contributed by atoms with van der Waals surface area (Å²) in [6, 6.07) is 0. The monoisotopic (exact) mass is 1930 g/mol. The van der Waals surface area contributed by atoms with Gasteiger partial charge in [0, 0.05) is 0 Å². The zero-order valence-corrected chi connectivity index (χ0v) is 99.1. The van der Waals surface area contributed by atoms with Gasteiger partial charge in [0.1, 0.15) is 0 Å². The second-order valence-electron chi connectivity index (χ2n) is 59.9. The van der Waals surface area contributed by atoms with Gasteiger partial charge in [-0.15, -0.1) is 0 Å². The summed E-state index contributed by atoms with van der Waals surface area (Å²) in [6.07, 6.45) is 61.9. The first kappa shape index (κ1) is 120. The molecule has 810 valence electrons. The Morgan fingerprint density at radius 1 is 0.283 bits per heavy atom. The first-order valence-corrected chi connectivity index (χ1v) is 61.2. The highest BCUT2D eigenvalue weighted by molar-refractivity contribution is 5.11. The second kappa shape index (κ2) is 52.6. The molecule has 138 heavy (non-hydrogen) atoms. The fourth-order valence-corrected chi connectivity index (χ4v) is 31.8. The van der Waals surface area contributed by atoms with Crippen molar-refractivity contribution < 1.29 is 42.6 Å². The zero-order chi connectivity index (χ0) is 102. The summed E-state index contributed by atoms with van der Waals surface area (Å²) in [5.74, 6) is 24.5. The summed E-state index contributed by atoms with van der Waals surface area (Å²) in [5.41, 5.74) is 3.20. The minimum atomic E-state index is 0.304. The molecule has 21 saturated carbocycles. The molecule has 0 heterocycles. The molecule has 0 saturated heterocycles. The molecule has 18 bridgehead atoms. The van der Waals surface area contributed by atoms with Crippen LogP contribution in [0.1, 0.15) is 514 Å². The van der Waals surface area contributed by atoms with Crippen molar-refractivity contribution in [3.8, 4) is 0 Å². The van der Waals surface area contributed by atoms with E-state index in [4.69, 9.17) is 42.6 Å². The predicted molar refractivity (Wildman–Crippen MR) is 588 cm³/mol. The Kier molecular flexibility index (Phi) is 45.5. The molecule has 21 rings (SSSR count). The van der Waals surface area contributed by atoms with Crippen LogP contribution in [0.25, 0.3) is 0 Å². The lowest BCUT2D eigenvalue weighted by atomic mass is 9.50. The van der Waals surface area contributed by atoms with Crippen molar-refractivity contribution in [3.63, 3.8) is 0 Å². The minimum absolute atomic E-state index is 0.304. The highest BCUT2D eigenvalue weighted by Gasteiger charge is 2.61. The van der Waals surface area contributed by atoms with Gasteiger partial charge in [0.25, 0.3) is 0 Å². The molecule has 0 aromatic carbocycles. The summed E-state index contributed by atoms with van der Waals surface area (Å²) in [7, 11) is 0. The highest BCUT2D eigenvalue weighted by Crippen LogP contribution is 2.66. The van der Waals surface area contributed by atoms with Crippen LogP contribution >= 0.6 is 0 Å². The molecule has 21 aliphatic carbocycles. The first-order valence-electron chi connectivity index (χ1n) is 61.2. The zero-order valence-electron chi connectivity index (χ0n) is 99.1. The molecule has 0 aromatic heterocycles. The van der Waals surface area contributed by atoms with Gasteiger partial charge in [0.05, 0.1) is 111 Å². The summed E-state index contributed by atoms with van der Waals surface area (Å²) in [4.78, 5) is 0. The van der Waals surface area contributed by atoms with E-state index in [0.717, 1.165) is 132 Å². The third-order valence-corrected chi connectivity index (χ3v) is 42.5.